The Balaban J connectivity index is 1.41. The van der Waals surface area contributed by atoms with E-state index in [0.29, 0.717) is 5.56 Å². The fraction of sp³-hybridized carbons (Fsp3) is 0.357. The van der Waals surface area contributed by atoms with Crippen LogP contribution in [-0.2, 0) is 12.8 Å². The monoisotopic (exact) mass is 412 g/mol. The van der Waals surface area contributed by atoms with E-state index < -0.39 is 0 Å². The zero-order valence-electron chi connectivity index (χ0n) is 18.5. The topological polar surface area (TPSA) is 45.9 Å². The van der Waals surface area contributed by atoms with Gasteiger partial charge in [-0.05, 0) is 54.7 Å². The highest BCUT2D eigenvalue weighted by atomic mass is 16.5. The van der Waals surface area contributed by atoms with Crippen molar-refractivity contribution in [1.29, 1.82) is 5.26 Å². The minimum atomic E-state index is 0.583. The maximum Gasteiger partial charge on any atom is 0.119 e. The molecule has 1 heterocycles. The molecule has 0 N–H and O–H groups in total. The molecule has 3 nitrogen and oxygen atoms in total. The molecule has 0 aliphatic heterocycles. The molecule has 3 heteroatoms. The molecule has 3 aromatic rings. The van der Waals surface area contributed by atoms with Gasteiger partial charge in [0.05, 0.1) is 17.9 Å². The van der Waals surface area contributed by atoms with Gasteiger partial charge in [-0.2, -0.15) is 5.26 Å². The third-order valence-corrected chi connectivity index (χ3v) is 5.53. The van der Waals surface area contributed by atoms with E-state index in [-0.39, 0.29) is 0 Å². The quantitative estimate of drug-likeness (QED) is 0.297. The van der Waals surface area contributed by atoms with Gasteiger partial charge in [0, 0.05) is 11.8 Å². The average molecular weight is 413 g/mol. The summed E-state index contributed by atoms with van der Waals surface area (Å²) in [7, 11) is 0. The van der Waals surface area contributed by atoms with Gasteiger partial charge in [0.25, 0.3) is 0 Å². The third kappa shape index (κ3) is 7.57. The van der Waals surface area contributed by atoms with Gasteiger partial charge in [-0.15, -0.1) is 0 Å². The molecule has 0 radical (unpaired) electrons. The summed E-state index contributed by atoms with van der Waals surface area (Å²) in [6, 6.07) is 22.8. The number of nitriles is 1. The summed E-state index contributed by atoms with van der Waals surface area (Å²) in [5.41, 5.74) is 5.17. The number of aromatic nitrogens is 1. The van der Waals surface area contributed by atoms with Gasteiger partial charge in [-0.3, -0.25) is 4.98 Å². The molecule has 31 heavy (non-hydrogen) atoms. The van der Waals surface area contributed by atoms with Gasteiger partial charge in [-0.1, -0.05) is 75.4 Å². The van der Waals surface area contributed by atoms with Gasteiger partial charge < -0.3 is 4.74 Å². The van der Waals surface area contributed by atoms with Gasteiger partial charge in [-0.25, -0.2) is 0 Å². The van der Waals surface area contributed by atoms with Crippen LogP contribution >= 0.6 is 0 Å². The number of hydrogen-bond donors (Lipinski definition) is 0. The van der Waals surface area contributed by atoms with Crippen LogP contribution in [0.2, 0.25) is 0 Å². The van der Waals surface area contributed by atoms with E-state index in [1.807, 2.05) is 6.07 Å². The van der Waals surface area contributed by atoms with E-state index in [1.54, 1.807) is 12.3 Å². The van der Waals surface area contributed by atoms with Crippen molar-refractivity contribution in [2.45, 2.75) is 58.3 Å². The van der Waals surface area contributed by atoms with E-state index in [0.717, 1.165) is 42.9 Å². The summed E-state index contributed by atoms with van der Waals surface area (Å²) in [5, 5.41) is 8.89. The summed E-state index contributed by atoms with van der Waals surface area (Å²) in [6.45, 7) is 3.06. The predicted molar refractivity (Wildman–Crippen MR) is 127 cm³/mol. The Morgan fingerprint density at radius 2 is 1.42 bits per heavy atom. The lowest BCUT2D eigenvalue weighted by molar-refractivity contribution is 0.304. The maximum atomic E-state index is 8.89. The maximum absolute atomic E-state index is 8.89. The highest BCUT2D eigenvalue weighted by Crippen LogP contribution is 2.19. The number of nitrogens with zero attached hydrogens (tertiary/aromatic N) is 2. The predicted octanol–water partition coefficient (Wildman–Crippen LogP) is 7.14. The number of benzene rings is 2. The van der Waals surface area contributed by atoms with Crippen LogP contribution in [0.5, 0.6) is 5.75 Å². The van der Waals surface area contributed by atoms with Crippen LogP contribution in [0, 0.1) is 11.3 Å². The zero-order valence-corrected chi connectivity index (χ0v) is 18.5. The number of ether oxygens (including phenoxy) is 1. The molecule has 0 spiro atoms. The Hall–Kier alpha value is -3.12. The van der Waals surface area contributed by atoms with E-state index >= 15 is 0 Å². The van der Waals surface area contributed by atoms with E-state index in [1.165, 1.54) is 43.2 Å². The molecule has 3 rings (SSSR count). The van der Waals surface area contributed by atoms with Gasteiger partial charge in [0.2, 0.25) is 0 Å². The fourth-order valence-electron chi connectivity index (χ4n) is 3.59. The minimum absolute atomic E-state index is 0.583. The first-order valence-electron chi connectivity index (χ1n) is 11.5. The first-order valence-corrected chi connectivity index (χ1v) is 11.5. The minimum Gasteiger partial charge on any atom is -0.494 e. The molecule has 0 fully saturated rings. The van der Waals surface area contributed by atoms with Crippen molar-refractivity contribution in [1.82, 2.24) is 4.98 Å². The van der Waals surface area contributed by atoms with Crippen LogP contribution in [0.25, 0.3) is 11.3 Å². The fourth-order valence-corrected chi connectivity index (χ4v) is 3.59. The standard InChI is InChI=1S/C28H32N2O/c1-2-3-4-5-6-7-20-31-27-17-12-24(13-18-27)9-8-23-10-15-26(16-11-23)28-19-14-25(21-29)22-30-28/h10-19,22H,2-9,20H2,1H3. The van der Waals surface area contributed by atoms with Crippen molar-refractivity contribution < 1.29 is 4.74 Å². The molecule has 2 aromatic carbocycles. The molecule has 0 unspecified atom stereocenters. The van der Waals surface area contributed by atoms with Crippen molar-refractivity contribution in [3.05, 3.63) is 83.6 Å². The highest BCUT2D eigenvalue weighted by molar-refractivity contribution is 5.59. The molecule has 1 aromatic heterocycles. The zero-order chi connectivity index (χ0) is 21.7. The number of pyridine rings is 1. The van der Waals surface area contributed by atoms with Crippen molar-refractivity contribution in [2.24, 2.45) is 0 Å². The van der Waals surface area contributed by atoms with Gasteiger partial charge >= 0.3 is 0 Å². The first kappa shape index (κ1) is 22.6. The number of aryl methyl sites for hydroxylation is 2. The Morgan fingerprint density at radius 3 is 2.03 bits per heavy atom. The lowest BCUT2D eigenvalue weighted by atomic mass is 10.0. The second kappa shape index (κ2) is 12.5. The molecular formula is C28H32N2O. The van der Waals surface area contributed by atoms with Gasteiger partial charge in [0.15, 0.2) is 0 Å². The Kier molecular flexibility index (Phi) is 9.13. The Morgan fingerprint density at radius 1 is 0.774 bits per heavy atom. The number of unbranched alkanes of at least 4 members (excludes halogenated alkanes) is 5. The third-order valence-electron chi connectivity index (χ3n) is 5.53. The number of rotatable bonds is 12. The van der Waals surface area contributed by atoms with Crippen molar-refractivity contribution in [2.75, 3.05) is 6.61 Å². The van der Waals surface area contributed by atoms with Gasteiger partial charge in [0.1, 0.15) is 11.8 Å². The van der Waals surface area contributed by atoms with Crippen molar-refractivity contribution in [3.63, 3.8) is 0 Å². The highest BCUT2D eigenvalue weighted by Gasteiger charge is 2.02. The van der Waals surface area contributed by atoms with Crippen LogP contribution in [0.4, 0.5) is 0 Å². The average Bonchev–Trinajstić information content (AvgIpc) is 2.83. The van der Waals surface area contributed by atoms with Crippen molar-refractivity contribution in [3.8, 4) is 23.1 Å². The van der Waals surface area contributed by atoms with E-state index in [9.17, 15) is 0 Å². The first-order chi connectivity index (χ1) is 15.3. The molecule has 0 saturated carbocycles. The van der Waals surface area contributed by atoms with Crippen LogP contribution in [-0.4, -0.2) is 11.6 Å². The normalized spacial score (nSPS) is 10.6. The number of hydrogen-bond acceptors (Lipinski definition) is 3. The van der Waals surface area contributed by atoms with Crippen LogP contribution in [0.1, 0.15) is 62.1 Å². The summed E-state index contributed by atoms with van der Waals surface area (Å²) in [5.74, 6) is 0.969. The lowest BCUT2D eigenvalue weighted by Crippen LogP contribution is -1.98. The van der Waals surface area contributed by atoms with Crippen molar-refractivity contribution >= 4 is 0 Å². The summed E-state index contributed by atoms with van der Waals surface area (Å²) < 4.78 is 5.88. The molecule has 0 amide bonds. The van der Waals surface area contributed by atoms with Crippen LogP contribution < -0.4 is 4.74 Å². The molecule has 0 aliphatic carbocycles. The molecule has 0 bridgehead atoms. The SMILES string of the molecule is CCCCCCCCOc1ccc(CCc2ccc(-c3ccc(C#N)cn3)cc2)cc1. The van der Waals surface area contributed by atoms with E-state index in [4.69, 9.17) is 10.00 Å². The summed E-state index contributed by atoms with van der Waals surface area (Å²) >= 11 is 0. The molecule has 160 valence electrons. The second-order valence-corrected chi connectivity index (χ2v) is 8.00. The van der Waals surface area contributed by atoms with E-state index in [2.05, 4.69) is 66.5 Å². The molecule has 0 atom stereocenters. The summed E-state index contributed by atoms with van der Waals surface area (Å²) in [6.07, 6.45) is 11.3. The summed E-state index contributed by atoms with van der Waals surface area (Å²) in [4.78, 5) is 4.36. The Labute approximate surface area is 186 Å². The smallest absolute Gasteiger partial charge is 0.119 e. The molecule has 0 aliphatic rings. The van der Waals surface area contributed by atoms with Crippen LogP contribution in [0.15, 0.2) is 66.9 Å². The molecule has 0 saturated heterocycles. The largest absolute Gasteiger partial charge is 0.494 e. The second-order valence-electron chi connectivity index (χ2n) is 8.00. The molecular weight excluding hydrogens is 380 g/mol. The van der Waals surface area contributed by atoms with Crippen LogP contribution in [0.3, 0.4) is 0 Å². The lowest BCUT2D eigenvalue weighted by Gasteiger charge is -2.08. The Bertz CT molecular complexity index is 938.